The fourth-order valence-corrected chi connectivity index (χ4v) is 2.75. The molecule has 0 spiro atoms. The van der Waals surface area contributed by atoms with E-state index in [0.29, 0.717) is 24.2 Å². The van der Waals surface area contributed by atoms with Gasteiger partial charge in [0, 0.05) is 12.8 Å². The molecule has 0 radical (unpaired) electrons. The Morgan fingerprint density at radius 3 is 2.84 bits per heavy atom. The Labute approximate surface area is 145 Å². The number of hydrogen-bond donors (Lipinski definition) is 3. The van der Waals surface area contributed by atoms with E-state index in [0.717, 1.165) is 11.1 Å². The second kappa shape index (κ2) is 7.76. The van der Waals surface area contributed by atoms with Gasteiger partial charge in [-0.05, 0) is 37.0 Å². The Hall–Kier alpha value is -2.93. The first-order valence-corrected chi connectivity index (χ1v) is 8.21. The first-order chi connectivity index (χ1) is 12.2. The molecule has 1 aromatic carbocycles. The molecule has 2 aromatic heterocycles. The van der Waals surface area contributed by atoms with Crippen LogP contribution in [0.1, 0.15) is 30.0 Å². The molecule has 3 N–H and O–H groups in total. The van der Waals surface area contributed by atoms with Crippen LogP contribution in [0.2, 0.25) is 0 Å². The number of aliphatic hydroxyl groups is 1. The summed E-state index contributed by atoms with van der Waals surface area (Å²) in [7, 11) is 0. The molecular weight excluding hydrogens is 318 g/mol. The molecule has 0 saturated heterocycles. The van der Waals surface area contributed by atoms with Crippen LogP contribution < -0.4 is 10.6 Å². The number of aromatic nitrogens is 3. The molecule has 1 unspecified atom stereocenters. The van der Waals surface area contributed by atoms with Crippen molar-refractivity contribution in [2.75, 3.05) is 11.9 Å². The number of carbonyl (C=O) groups is 1. The van der Waals surface area contributed by atoms with Gasteiger partial charge in [-0.15, -0.1) is 0 Å². The summed E-state index contributed by atoms with van der Waals surface area (Å²) in [5.41, 5.74) is 3.14. The average molecular weight is 339 g/mol. The van der Waals surface area contributed by atoms with E-state index in [1.807, 2.05) is 43.3 Å². The smallest absolute Gasteiger partial charge is 0.319 e. The summed E-state index contributed by atoms with van der Waals surface area (Å²) in [4.78, 5) is 16.7. The molecule has 2 amide bonds. The highest BCUT2D eigenvalue weighted by atomic mass is 16.3. The summed E-state index contributed by atoms with van der Waals surface area (Å²) in [5, 5.41) is 19.1. The van der Waals surface area contributed by atoms with Gasteiger partial charge in [-0.2, -0.15) is 5.10 Å². The molecule has 0 aliphatic heterocycles. The lowest BCUT2D eigenvalue weighted by Gasteiger charge is -2.20. The molecule has 1 atom stereocenters. The summed E-state index contributed by atoms with van der Waals surface area (Å²) < 4.78 is 1.61. The van der Waals surface area contributed by atoms with Gasteiger partial charge >= 0.3 is 6.03 Å². The maximum absolute atomic E-state index is 12.5. The van der Waals surface area contributed by atoms with Gasteiger partial charge in [0.15, 0.2) is 5.65 Å². The van der Waals surface area contributed by atoms with Gasteiger partial charge in [0.25, 0.3) is 0 Å². The van der Waals surface area contributed by atoms with Gasteiger partial charge < -0.3 is 15.7 Å². The Balaban J connectivity index is 1.77. The molecular formula is C18H21N5O2. The number of pyridine rings is 1. The highest BCUT2D eigenvalue weighted by molar-refractivity contribution is 5.94. The molecule has 0 fully saturated rings. The minimum atomic E-state index is -0.314. The molecule has 25 heavy (non-hydrogen) atoms. The minimum Gasteiger partial charge on any atom is -0.396 e. The van der Waals surface area contributed by atoms with Crippen LogP contribution >= 0.6 is 0 Å². The molecule has 130 valence electrons. The maximum Gasteiger partial charge on any atom is 0.319 e. The minimum absolute atomic E-state index is 0.0881. The second-order valence-electron chi connectivity index (χ2n) is 5.83. The summed E-state index contributed by atoms with van der Waals surface area (Å²) in [5.74, 6) is 0. The standard InChI is InChI=1S/C18H21N5O2/c1-13-9-10-23-17(19-12-20-23)16(13)22-18(25)21-15(8-5-11-24)14-6-3-2-4-7-14/h2-4,6-7,9-10,12,15,24H,5,8,11H2,1H3,(H2,21,22,25). The van der Waals surface area contributed by atoms with Gasteiger partial charge in [-0.3, -0.25) is 0 Å². The molecule has 0 saturated carbocycles. The third kappa shape index (κ3) is 3.95. The molecule has 3 rings (SSSR count). The second-order valence-corrected chi connectivity index (χ2v) is 5.83. The van der Waals surface area contributed by atoms with Crippen molar-refractivity contribution in [3.05, 3.63) is 60.0 Å². The average Bonchev–Trinajstić information content (AvgIpc) is 3.11. The summed E-state index contributed by atoms with van der Waals surface area (Å²) in [6, 6.07) is 11.1. The van der Waals surface area contributed by atoms with Gasteiger partial charge in [0.2, 0.25) is 0 Å². The van der Waals surface area contributed by atoms with Crippen molar-refractivity contribution in [2.45, 2.75) is 25.8 Å². The zero-order chi connectivity index (χ0) is 17.6. The number of fused-ring (bicyclic) bond motifs is 1. The number of urea groups is 1. The van der Waals surface area contributed by atoms with Gasteiger partial charge in [-0.1, -0.05) is 30.3 Å². The predicted octanol–water partition coefficient (Wildman–Crippen LogP) is 2.67. The number of nitrogens with zero attached hydrogens (tertiary/aromatic N) is 3. The molecule has 2 heterocycles. The van der Waals surface area contributed by atoms with E-state index >= 15 is 0 Å². The number of aliphatic hydroxyl groups excluding tert-OH is 1. The fraction of sp³-hybridized carbons (Fsp3) is 0.278. The van der Waals surface area contributed by atoms with Gasteiger partial charge in [-0.25, -0.2) is 14.3 Å². The third-order valence-electron chi connectivity index (χ3n) is 4.05. The zero-order valence-electron chi connectivity index (χ0n) is 14.0. The van der Waals surface area contributed by atoms with E-state index in [4.69, 9.17) is 5.11 Å². The maximum atomic E-state index is 12.5. The number of anilines is 1. The van der Waals surface area contributed by atoms with E-state index < -0.39 is 0 Å². The van der Waals surface area contributed by atoms with Crippen LogP contribution in [0.25, 0.3) is 5.65 Å². The van der Waals surface area contributed by atoms with Crippen LogP contribution in [0.5, 0.6) is 0 Å². The Kier molecular flexibility index (Phi) is 5.25. The molecule has 7 nitrogen and oxygen atoms in total. The molecule has 7 heteroatoms. The Morgan fingerprint density at radius 1 is 1.28 bits per heavy atom. The number of nitrogens with one attached hydrogen (secondary N) is 2. The van der Waals surface area contributed by atoms with Gasteiger partial charge in [0.05, 0.1) is 11.7 Å². The summed E-state index contributed by atoms with van der Waals surface area (Å²) >= 11 is 0. The topological polar surface area (TPSA) is 91.5 Å². The SMILES string of the molecule is Cc1ccn2ncnc2c1NC(=O)NC(CCCO)c1ccccc1. The zero-order valence-corrected chi connectivity index (χ0v) is 14.0. The van der Waals surface area contributed by atoms with Crippen LogP contribution in [-0.2, 0) is 0 Å². The van der Waals surface area contributed by atoms with E-state index in [1.54, 1.807) is 10.7 Å². The first-order valence-electron chi connectivity index (χ1n) is 8.21. The number of carbonyl (C=O) groups excluding carboxylic acids is 1. The lowest BCUT2D eigenvalue weighted by Crippen LogP contribution is -2.33. The van der Waals surface area contributed by atoms with E-state index in [-0.39, 0.29) is 18.7 Å². The lowest BCUT2D eigenvalue weighted by molar-refractivity contribution is 0.244. The molecule has 3 aromatic rings. The summed E-state index contributed by atoms with van der Waals surface area (Å²) in [6.07, 6.45) is 4.52. The third-order valence-corrected chi connectivity index (χ3v) is 4.05. The van der Waals surface area contributed by atoms with Crippen molar-refractivity contribution >= 4 is 17.4 Å². The van der Waals surface area contributed by atoms with Crippen LogP contribution in [0.3, 0.4) is 0 Å². The number of hydrogen-bond acceptors (Lipinski definition) is 4. The normalized spacial score (nSPS) is 12.1. The largest absolute Gasteiger partial charge is 0.396 e. The number of aryl methyl sites for hydroxylation is 1. The number of amides is 2. The van der Waals surface area contributed by atoms with Crippen LogP contribution in [0, 0.1) is 6.92 Å². The van der Waals surface area contributed by atoms with E-state index in [2.05, 4.69) is 20.7 Å². The van der Waals surface area contributed by atoms with Crippen LogP contribution in [0.15, 0.2) is 48.9 Å². The lowest BCUT2D eigenvalue weighted by atomic mass is 10.0. The molecule has 0 bridgehead atoms. The van der Waals surface area contributed by atoms with Crippen LogP contribution in [-0.4, -0.2) is 32.3 Å². The van der Waals surface area contributed by atoms with Crippen LogP contribution in [0.4, 0.5) is 10.5 Å². The monoisotopic (exact) mass is 339 g/mol. The fourth-order valence-electron chi connectivity index (χ4n) is 2.75. The van der Waals surface area contributed by atoms with Crippen molar-refractivity contribution in [3.8, 4) is 0 Å². The van der Waals surface area contributed by atoms with Crippen molar-refractivity contribution in [2.24, 2.45) is 0 Å². The Bertz CT molecular complexity index is 847. The van der Waals surface area contributed by atoms with E-state index in [9.17, 15) is 4.79 Å². The first kappa shape index (κ1) is 16.9. The van der Waals surface area contributed by atoms with Gasteiger partial charge in [0.1, 0.15) is 6.33 Å². The molecule has 0 aliphatic rings. The van der Waals surface area contributed by atoms with Crippen molar-refractivity contribution < 1.29 is 9.90 Å². The van der Waals surface area contributed by atoms with E-state index in [1.165, 1.54) is 6.33 Å². The number of benzene rings is 1. The highest BCUT2D eigenvalue weighted by Gasteiger charge is 2.16. The van der Waals surface area contributed by atoms with Crippen molar-refractivity contribution in [1.29, 1.82) is 0 Å². The number of rotatable bonds is 6. The highest BCUT2D eigenvalue weighted by Crippen LogP contribution is 2.21. The van der Waals surface area contributed by atoms with Crippen molar-refractivity contribution in [3.63, 3.8) is 0 Å². The predicted molar refractivity (Wildman–Crippen MR) is 95.4 cm³/mol. The quantitative estimate of drug-likeness (QED) is 0.644. The summed E-state index contributed by atoms with van der Waals surface area (Å²) in [6.45, 7) is 2.00. The van der Waals surface area contributed by atoms with Crippen molar-refractivity contribution in [1.82, 2.24) is 19.9 Å². The Morgan fingerprint density at radius 2 is 2.08 bits per heavy atom. The molecule has 0 aliphatic carbocycles.